The van der Waals surface area contributed by atoms with E-state index in [-0.39, 0.29) is 11.7 Å². The summed E-state index contributed by atoms with van der Waals surface area (Å²) in [7, 11) is 0. The number of piperidine rings is 1. The molecule has 2 saturated heterocycles. The third-order valence-electron chi connectivity index (χ3n) is 6.16. The Morgan fingerprint density at radius 1 is 1.03 bits per heavy atom. The second-order valence-corrected chi connectivity index (χ2v) is 7.94. The quantitative estimate of drug-likeness (QED) is 0.785. The highest BCUT2D eigenvalue weighted by Crippen LogP contribution is 2.27. The fourth-order valence-corrected chi connectivity index (χ4v) is 4.47. The molecule has 1 amide bonds. The van der Waals surface area contributed by atoms with Crippen molar-refractivity contribution in [1.29, 1.82) is 0 Å². The highest BCUT2D eigenvalue weighted by Gasteiger charge is 2.25. The van der Waals surface area contributed by atoms with Gasteiger partial charge in [-0.15, -0.1) is 0 Å². The molecule has 2 aromatic rings. The van der Waals surface area contributed by atoms with Crippen molar-refractivity contribution >= 4 is 17.3 Å². The monoisotopic (exact) mass is 396 g/mol. The zero-order valence-corrected chi connectivity index (χ0v) is 17.1. The number of amides is 1. The number of anilines is 2. The van der Waals surface area contributed by atoms with Crippen LogP contribution in [0.2, 0.25) is 0 Å². The van der Waals surface area contributed by atoms with Crippen LogP contribution in [0.4, 0.5) is 15.8 Å². The molecule has 3 heterocycles. The lowest BCUT2D eigenvalue weighted by Gasteiger charge is -2.38. The first kappa shape index (κ1) is 19.7. The topological polar surface area (TPSA) is 39.7 Å². The molecule has 6 heteroatoms. The number of halogens is 1. The van der Waals surface area contributed by atoms with Crippen LogP contribution in [0, 0.1) is 5.82 Å². The molecule has 0 bridgehead atoms. The number of nitrogens with zero attached hydrogens (tertiary/aromatic N) is 4. The second kappa shape index (κ2) is 8.80. The second-order valence-electron chi connectivity index (χ2n) is 7.94. The summed E-state index contributed by atoms with van der Waals surface area (Å²) < 4.78 is 13.1. The largest absolute Gasteiger partial charge is 0.368 e. The van der Waals surface area contributed by atoms with E-state index < -0.39 is 0 Å². The van der Waals surface area contributed by atoms with Gasteiger partial charge in [-0.25, -0.2) is 4.39 Å². The van der Waals surface area contributed by atoms with Gasteiger partial charge in [-0.1, -0.05) is 6.92 Å². The molecule has 1 unspecified atom stereocenters. The number of rotatable bonds is 4. The Morgan fingerprint density at radius 3 is 2.52 bits per heavy atom. The highest BCUT2D eigenvalue weighted by atomic mass is 19.1. The minimum absolute atomic E-state index is 0.0446. The Bertz CT molecular complexity index is 833. The van der Waals surface area contributed by atoms with E-state index in [1.807, 2.05) is 17.2 Å². The maximum Gasteiger partial charge on any atom is 0.255 e. The molecule has 4 rings (SSSR count). The number of benzene rings is 1. The number of pyridine rings is 1. The zero-order valence-electron chi connectivity index (χ0n) is 17.1. The Kier molecular flexibility index (Phi) is 5.97. The number of aromatic nitrogens is 1. The first-order valence-corrected chi connectivity index (χ1v) is 10.7. The van der Waals surface area contributed by atoms with Crippen LogP contribution in [0.5, 0.6) is 0 Å². The highest BCUT2D eigenvalue weighted by molar-refractivity contribution is 5.95. The first-order valence-electron chi connectivity index (χ1n) is 10.7. The van der Waals surface area contributed by atoms with E-state index in [1.54, 1.807) is 18.3 Å². The van der Waals surface area contributed by atoms with Gasteiger partial charge < -0.3 is 14.7 Å². The average Bonchev–Trinajstić information content (AvgIpc) is 2.79. The van der Waals surface area contributed by atoms with Gasteiger partial charge in [0.05, 0.1) is 17.4 Å². The van der Waals surface area contributed by atoms with E-state index in [1.165, 1.54) is 31.4 Å². The molecule has 5 nitrogen and oxygen atoms in total. The summed E-state index contributed by atoms with van der Waals surface area (Å²) in [4.78, 5) is 24.0. The van der Waals surface area contributed by atoms with Crippen LogP contribution in [-0.4, -0.2) is 54.6 Å². The lowest BCUT2D eigenvalue weighted by Crippen LogP contribution is -2.48. The normalized spacial score (nSPS) is 20.1. The van der Waals surface area contributed by atoms with E-state index in [0.717, 1.165) is 37.4 Å². The van der Waals surface area contributed by atoms with Crippen molar-refractivity contribution in [1.82, 2.24) is 9.88 Å². The summed E-state index contributed by atoms with van der Waals surface area (Å²) in [5.74, 6) is -0.183. The lowest BCUT2D eigenvalue weighted by atomic mass is 9.99. The van der Waals surface area contributed by atoms with Gasteiger partial charge in [-0.3, -0.25) is 9.78 Å². The third kappa shape index (κ3) is 4.36. The van der Waals surface area contributed by atoms with Crippen molar-refractivity contribution in [3.63, 3.8) is 0 Å². The van der Waals surface area contributed by atoms with Gasteiger partial charge in [0.25, 0.3) is 5.91 Å². The van der Waals surface area contributed by atoms with Crippen LogP contribution in [0.3, 0.4) is 0 Å². The van der Waals surface area contributed by atoms with Crippen LogP contribution >= 0.6 is 0 Å². The Hall–Kier alpha value is -2.63. The maximum absolute atomic E-state index is 13.1. The molecular weight excluding hydrogens is 367 g/mol. The predicted molar refractivity (Wildman–Crippen MR) is 114 cm³/mol. The fourth-order valence-electron chi connectivity index (χ4n) is 4.47. The predicted octanol–water partition coefficient (Wildman–Crippen LogP) is 3.95. The van der Waals surface area contributed by atoms with Crippen LogP contribution in [0.25, 0.3) is 0 Å². The van der Waals surface area contributed by atoms with E-state index >= 15 is 0 Å². The molecule has 2 aliphatic heterocycles. The minimum atomic E-state index is -0.228. The van der Waals surface area contributed by atoms with Gasteiger partial charge in [0.15, 0.2) is 0 Å². The molecule has 154 valence electrons. The van der Waals surface area contributed by atoms with Gasteiger partial charge in [0.2, 0.25) is 0 Å². The molecule has 0 N–H and O–H groups in total. The average molecular weight is 397 g/mol. The van der Waals surface area contributed by atoms with Crippen molar-refractivity contribution in [2.45, 2.75) is 38.6 Å². The van der Waals surface area contributed by atoms with Gasteiger partial charge in [-0.05, 0) is 56.0 Å². The molecule has 0 saturated carbocycles. The van der Waals surface area contributed by atoms with Gasteiger partial charge in [0, 0.05) is 50.6 Å². The summed E-state index contributed by atoms with van der Waals surface area (Å²) in [5.41, 5.74) is 2.73. The van der Waals surface area contributed by atoms with E-state index in [0.29, 0.717) is 24.7 Å². The summed E-state index contributed by atoms with van der Waals surface area (Å²) in [6, 6.07) is 9.10. The standard InChI is InChI=1S/C23H29FN4O/c1-2-20-5-3-4-10-28(20)22-15-18(16-25-17-22)23(29)27-13-11-26(12-14-27)21-8-6-19(24)7-9-21/h6-9,15-17,20H,2-5,10-14H2,1H3. The third-order valence-corrected chi connectivity index (χ3v) is 6.16. The number of carbonyl (C=O) groups excluding carboxylic acids is 1. The molecule has 0 spiro atoms. The summed E-state index contributed by atoms with van der Waals surface area (Å²) in [6.07, 6.45) is 8.36. The molecule has 0 aliphatic carbocycles. The van der Waals surface area contributed by atoms with Crippen molar-refractivity contribution in [2.24, 2.45) is 0 Å². The molecule has 29 heavy (non-hydrogen) atoms. The smallest absolute Gasteiger partial charge is 0.255 e. The zero-order chi connectivity index (χ0) is 20.2. The first-order chi connectivity index (χ1) is 14.2. The van der Waals surface area contributed by atoms with E-state index in [4.69, 9.17) is 0 Å². The molecule has 0 radical (unpaired) electrons. The number of hydrogen-bond donors (Lipinski definition) is 0. The lowest BCUT2D eigenvalue weighted by molar-refractivity contribution is 0.0746. The SMILES string of the molecule is CCC1CCCCN1c1cncc(C(=O)N2CCN(c3ccc(F)cc3)CC2)c1. The van der Waals surface area contributed by atoms with Crippen LogP contribution < -0.4 is 9.80 Å². The molecule has 1 aromatic heterocycles. The summed E-state index contributed by atoms with van der Waals surface area (Å²) >= 11 is 0. The number of carbonyl (C=O) groups is 1. The van der Waals surface area contributed by atoms with E-state index in [2.05, 4.69) is 21.7 Å². The Balaban J connectivity index is 1.42. The van der Waals surface area contributed by atoms with Crippen molar-refractivity contribution in [3.05, 3.63) is 54.1 Å². The van der Waals surface area contributed by atoms with Gasteiger partial charge in [0.1, 0.15) is 5.82 Å². The van der Waals surface area contributed by atoms with Crippen molar-refractivity contribution in [3.8, 4) is 0 Å². The minimum Gasteiger partial charge on any atom is -0.368 e. The molecule has 2 fully saturated rings. The summed E-state index contributed by atoms with van der Waals surface area (Å²) in [5, 5.41) is 0. The van der Waals surface area contributed by atoms with Crippen LogP contribution in [-0.2, 0) is 0 Å². The van der Waals surface area contributed by atoms with Crippen molar-refractivity contribution < 1.29 is 9.18 Å². The molecule has 1 atom stereocenters. The Morgan fingerprint density at radius 2 is 1.79 bits per heavy atom. The molecule has 2 aliphatic rings. The molecule has 1 aromatic carbocycles. The van der Waals surface area contributed by atoms with Gasteiger partial charge >= 0.3 is 0 Å². The maximum atomic E-state index is 13.1. The van der Waals surface area contributed by atoms with Gasteiger partial charge in [-0.2, -0.15) is 0 Å². The fraction of sp³-hybridized carbons (Fsp3) is 0.478. The van der Waals surface area contributed by atoms with Crippen LogP contribution in [0.1, 0.15) is 43.0 Å². The number of piperazine rings is 1. The molecular formula is C23H29FN4O. The van der Waals surface area contributed by atoms with Crippen molar-refractivity contribution in [2.75, 3.05) is 42.5 Å². The van der Waals surface area contributed by atoms with Crippen LogP contribution in [0.15, 0.2) is 42.7 Å². The van der Waals surface area contributed by atoms with E-state index in [9.17, 15) is 9.18 Å². The summed E-state index contributed by atoms with van der Waals surface area (Å²) in [6.45, 7) is 6.06. The Labute approximate surface area is 172 Å². The number of hydrogen-bond acceptors (Lipinski definition) is 4.